The predicted octanol–water partition coefficient (Wildman–Crippen LogP) is 2.79. The minimum absolute atomic E-state index is 0.0940. The summed E-state index contributed by atoms with van der Waals surface area (Å²) in [5.41, 5.74) is 0.342. The molecular formula is C12H12ClFO2. The lowest BCUT2D eigenvalue weighted by molar-refractivity contribution is 0.0509. The maximum Gasteiger partial charge on any atom is 0.188 e. The predicted molar refractivity (Wildman–Crippen MR) is 61.1 cm³/mol. The van der Waals surface area contributed by atoms with Crippen LogP contribution in [0.5, 0.6) is 5.75 Å². The zero-order valence-electron chi connectivity index (χ0n) is 8.93. The van der Waals surface area contributed by atoms with Gasteiger partial charge in [0.1, 0.15) is 11.6 Å². The summed E-state index contributed by atoms with van der Waals surface area (Å²) in [7, 11) is 1.50. The zero-order valence-corrected chi connectivity index (χ0v) is 9.68. The van der Waals surface area contributed by atoms with E-state index < -0.39 is 5.82 Å². The van der Waals surface area contributed by atoms with E-state index in [1.807, 2.05) is 0 Å². The van der Waals surface area contributed by atoms with E-state index >= 15 is 0 Å². The maximum atomic E-state index is 13.4. The van der Waals surface area contributed by atoms with Crippen molar-refractivity contribution in [1.29, 1.82) is 0 Å². The standard InChI is InChI=1S/C12H12ClFO2/c1-15-9-16-11-6-5-10(12(14)8-11)4-2-3-7-13/h5-6,8H,3,7,9H2,1H3. The van der Waals surface area contributed by atoms with Crippen molar-refractivity contribution in [3.63, 3.8) is 0 Å². The Kier molecular flexibility index (Phi) is 5.69. The molecule has 16 heavy (non-hydrogen) atoms. The third-order valence-corrected chi connectivity index (χ3v) is 1.92. The highest BCUT2D eigenvalue weighted by Gasteiger charge is 2.01. The second-order valence-electron chi connectivity index (χ2n) is 2.93. The van der Waals surface area contributed by atoms with Gasteiger partial charge in [0, 0.05) is 25.5 Å². The zero-order chi connectivity index (χ0) is 11.8. The van der Waals surface area contributed by atoms with Crippen LogP contribution in [0.15, 0.2) is 18.2 Å². The molecule has 0 saturated heterocycles. The van der Waals surface area contributed by atoms with Crippen LogP contribution in [0, 0.1) is 17.7 Å². The molecular weight excluding hydrogens is 231 g/mol. The first kappa shape index (κ1) is 12.8. The molecule has 0 aliphatic heterocycles. The van der Waals surface area contributed by atoms with Gasteiger partial charge in [-0.2, -0.15) is 0 Å². The summed E-state index contributed by atoms with van der Waals surface area (Å²) in [5.74, 6) is 5.93. The summed E-state index contributed by atoms with van der Waals surface area (Å²) in [4.78, 5) is 0. The van der Waals surface area contributed by atoms with Crippen LogP contribution < -0.4 is 4.74 Å². The lowest BCUT2D eigenvalue weighted by Gasteiger charge is -2.04. The number of methoxy groups -OCH3 is 1. The van der Waals surface area contributed by atoms with Crippen LogP contribution in [0.1, 0.15) is 12.0 Å². The van der Waals surface area contributed by atoms with E-state index in [0.717, 1.165) is 0 Å². The van der Waals surface area contributed by atoms with E-state index in [2.05, 4.69) is 11.8 Å². The van der Waals surface area contributed by atoms with Gasteiger partial charge in [-0.1, -0.05) is 11.8 Å². The molecule has 1 aromatic rings. The van der Waals surface area contributed by atoms with Crippen LogP contribution >= 0.6 is 11.6 Å². The molecule has 0 amide bonds. The van der Waals surface area contributed by atoms with Crippen LogP contribution in [-0.4, -0.2) is 19.8 Å². The smallest absolute Gasteiger partial charge is 0.188 e. The molecule has 0 aliphatic rings. The topological polar surface area (TPSA) is 18.5 Å². The first-order valence-corrected chi connectivity index (χ1v) is 5.27. The van der Waals surface area contributed by atoms with Gasteiger partial charge >= 0.3 is 0 Å². The van der Waals surface area contributed by atoms with Crippen LogP contribution in [0.25, 0.3) is 0 Å². The van der Waals surface area contributed by atoms with E-state index in [-0.39, 0.29) is 6.79 Å². The fraction of sp³-hybridized carbons (Fsp3) is 0.333. The Labute approximate surface area is 99.3 Å². The Hall–Kier alpha value is -1.24. The van der Waals surface area contributed by atoms with Gasteiger partial charge in [-0.25, -0.2) is 4.39 Å². The number of benzene rings is 1. The van der Waals surface area contributed by atoms with Crippen molar-refractivity contribution in [1.82, 2.24) is 0 Å². The first-order valence-electron chi connectivity index (χ1n) is 4.74. The number of hydrogen-bond acceptors (Lipinski definition) is 2. The normalized spacial score (nSPS) is 9.44. The quantitative estimate of drug-likeness (QED) is 0.459. The van der Waals surface area contributed by atoms with E-state index in [9.17, 15) is 4.39 Å². The molecule has 0 aromatic heterocycles. The van der Waals surface area contributed by atoms with Crippen molar-refractivity contribution in [2.45, 2.75) is 6.42 Å². The van der Waals surface area contributed by atoms with Crippen molar-refractivity contribution >= 4 is 11.6 Å². The van der Waals surface area contributed by atoms with Crippen LogP contribution in [0.4, 0.5) is 4.39 Å². The number of hydrogen-bond donors (Lipinski definition) is 0. The van der Waals surface area contributed by atoms with Crippen molar-refractivity contribution in [3.05, 3.63) is 29.6 Å². The molecule has 0 atom stereocenters. The third-order valence-electron chi connectivity index (χ3n) is 1.73. The van der Waals surface area contributed by atoms with Crippen LogP contribution in [0.3, 0.4) is 0 Å². The van der Waals surface area contributed by atoms with Crippen LogP contribution in [-0.2, 0) is 4.74 Å². The minimum Gasteiger partial charge on any atom is -0.467 e. The number of alkyl halides is 1. The highest BCUT2D eigenvalue weighted by atomic mass is 35.5. The summed E-state index contributed by atoms with van der Waals surface area (Å²) in [6.45, 7) is 0.0940. The molecule has 0 aliphatic carbocycles. The van der Waals surface area contributed by atoms with Crippen molar-refractivity contribution in [3.8, 4) is 17.6 Å². The lowest BCUT2D eigenvalue weighted by Crippen LogP contribution is -1.99. The number of halogens is 2. The van der Waals surface area contributed by atoms with Gasteiger partial charge in [0.2, 0.25) is 0 Å². The minimum atomic E-state index is -0.407. The molecule has 0 fully saturated rings. The fourth-order valence-corrected chi connectivity index (χ4v) is 1.11. The van der Waals surface area contributed by atoms with Gasteiger partial charge in [-0.15, -0.1) is 11.6 Å². The summed E-state index contributed by atoms with van der Waals surface area (Å²) in [6, 6.07) is 4.50. The second kappa shape index (κ2) is 7.10. The van der Waals surface area contributed by atoms with E-state index in [1.165, 1.54) is 13.2 Å². The molecule has 0 N–H and O–H groups in total. The molecule has 2 nitrogen and oxygen atoms in total. The maximum absolute atomic E-state index is 13.4. The Morgan fingerprint density at radius 1 is 1.44 bits per heavy atom. The largest absolute Gasteiger partial charge is 0.467 e. The van der Waals surface area contributed by atoms with Gasteiger partial charge in [-0.3, -0.25) is 0 Å². The summed E-state index contributed by atoms with van der Waals surface area (Å²) in [5, 5.41) is 0. The summed E-state index contributed by atoms with van der Waals surface area (Å²) >= 11 is 5.46. The van der Waals surface area contributed by atoms with Gasteiger partial charge < -0.3 is 9.47 Å². The first-order chi connectivity index (χ1) is 7.77. The Bertz CT molecular complexity index is 396. The molecule has 0 bridgehead atoms. The van der Waals surface area contributed by atoms with E-state index in [0.29, 0.717) is 23.6 Å². The van der Waals surface area contributed by atoms with Crippen molar-refractivity contribution < 1.29 is 13.9 Å². The summed E-state index contributed by atoms with van der Waals surface area (Å²) < 4.78 is 23.2. The Balaban J connectivity index is 2.72. The molecule has 0 spiro atoms. The Morgan fingerprint density at radius 3 is 2.88 bits per heavy atom. The van der Waals surface area contributed by atoms with Crippen molar-refractivity contribution in [2.24, 2.45) is 0 Å². The molecule has 0 heterocycles. The fourth-order valence-electron chi connectivity index (χ4n) is 1.02. The average molecular weight is 243 g/mol. The molecule has 1 rings (SSSR count). The van der Waals surface area contributed by atoms with Crippen molar-refractivity contribution in [2.75, 3.05) is 19.8 Å². The average Bonchev–Trinajstić information content (AvgIpc) is 2.29. The molecule has 0 unspecified atom stereocenters. The highest BCUT2D eigenvalue weighted by molar-refractivity contribution is 6.18. The van der Waals surface area contributed by atoms with Gasteiger partial charge in [-0.05, 0) is 12.1 Å². The molecule has 1 aromatic carbocycles. The Morgan fingerprint density at radius 2 is 2.25 bits per heavy atom. The highest BCUT2D eigenvalue weighted by Crippen LogP contribution is 2.15. The second-order valence-corrected chi connectivity index (χ2v) is 3.31. The molecule has 86 valence electrons. The number of ether oxygens (including phenoxy) is 2. The van der Waals surface area contributed by atoms with Gasteiger partial charge in [0.05, 0.1) is 5.56 Å². The summed E-state index contributed by atoms with van der Waals surface area (Å²) in [6.07, 6.45) is 0.545. The van der Waals surface area contributed by atoms with E-state index in [1.54, 1.807) is 12.1 Å². The van der Waals surface area contributed by atoms with E-state index in [4.69, 9.17) is 21.1 Å². The molecule has 4 heteroatoms. The van der Waals surface area contributed by atoms with Gasteiger partial charge in [0.25, 0.3) is 0 Å². The molecule has 0 radical (unpaired) electrons. The van der Waals surface area contributed by atoms with Gasteiger partial charge in [0.15, 0.2) is 6.79 Å². The number of rotatable bonds is 4. The van der Waals surface area contributed by atoms with Crippen LogP contribution in [0.2, 0.25) is 0 Å². The monoisotopic (exact) mass is 242 g/mol. The lowest BCUT2D eigenvalue weighted by atomic mass is 10.2. The third kappa shape index (κ3) is 4.09. The SMILES string of the molecule is COCOc1ccc(C#CCCCl)c(F)c1. The molecule has 0 saturated carbocycles.